The summed E-state index contributed by atoms with van der Waals surface area (Å²) in [6.45, 7) is 0. The Kier molecular flexibility index (Phi) is 83.5. The van der Waals surface area contributed by atoms with E-state index in [1.807, 2.05) is 0 Å². The van der Waals surface area contributed by atoms with E-state index in [9.17, 15) is 0 Å². The molecule has 0 rings (SSSR count). The molecule has 0 amide bonds. The van der Waals surface area contributed by atoms with Crippen molar-refractivity contribution in [1.82, 2.24) is 0 Å². The van der Waals surface area contributed by atoms with Gasteiger partial charge in [0.05, 0.1) is 0 Å². The third kappa shape index (κ3) is 52.7. The van der Waals surface area contributed by atoms with Crippen LogP contribution >= 0.6 is 0 Å². The Bertz CT molecular complexity index is 47.5. The Hall–Kier alpha value is 3.78. The fourth-order valence-electron chi connectivity index (χ4n) is 0. The predicted octanol–water partition coefficient (Wildman–Crippen LogP) is -3.95. The van der Waals surface area contributed by atoms with Crippen LogP contribution in [0.4, 0.5) is 0 Å². The van der Waals surface area contributed by atoms with E-state index in [2.05, 4.69) is 0 Å². The van der Waals surface area contributed by atoms with Crippen LogP contribution in [0.1, 0.15) is 2.85 Å². The minimum absolute atomic E-state index is 0. The van der Waals surface area contributed by atoms with Crippen LogP contribution in [0.25, 0.3) is 0 Å². The maximum absolute atomic E-state index is 8.58. The first-order valence-electron chi connectivity index (χ1n) is 0.612. The molecule has 41 valence electrons. The van der Waals surface area contributed by atoms with Gasteiger partial charge in [-0.1, -0.05) is 0 Å². The molecule has 0 bridgehead atoms. The summed E-state index contributed by atoms with van der Waals surface area (Å²) in [6, 6.07) is 0. The summed E-state index contributed by atoms with van der Waals surface area (Å²) in [7, 11) is 0. The van der Waals surface area contributed by atoms with Crippen molar-refractivity contribution in [3.63, 3.8) is 0 Å². The van der Waals surface area contributed by atoms with Crippen LogP contribution in [0.2, 0.25) is 0 Å². The van der Waals surface area contributed by atoms with Gasteiger partial charge in [-0.05, 0) is 0 Å². The first-order valence-corrected chi connectivity index (χ1v) is 2.52. The zero-order chi connectivity index (χ0) is 3.58. The molecule has 3 nitrogen and oxygen atoms in total. The van der Waals surface area contributed by atoms with Gasteiger partial charge in [0, 0.05) is 22.4 Å². The van der Waals surface area contributed by atoms with Crippen molar-refractivity contribution in [2.24, 2.45) is 0 Å². The van der Waals surface area contributed by atoms with Crippen molar-refractivity contribution in [2.75, 3.05) is 0 Å². The van der Waals surface area contributed by atoms with Gasteiger partial charge >= 0.3 is 107 Å². The maximum atomic E-state index is 8.58. The SMILES string of the molecule is [H-].[H-].[Mg+2].[Nb].[O]=[Ti]([O-])[O-].[Pb+2].[PbH2]. The van der Waals surface area contributed by atoms with Crippen LogP contribution in [-0.2, 0) is 44.3 Å². The molecule has 5 radical (unpaired) electrons. The number of hydrogen-bond acceptors (Lipinski definition) is 3. The Morgan fingerprint density at radius 1 is 1.38 bits per heavy atom. The fourth-order valence-corrected chi connectivity index (χ4v) is 0. The fraction of sp³-hybridized carbons (Fsp3) is 0. The molecule has 0 aliphatic carbocycles. The van der Waals surface area contributed by atoms with E-state index >= 15 is 0 Å². The third-order valence-electron chi connectivity index (χ3n) is 0. The summed E-state index contributed by atoms with van der Waals surface area (Å²) in [6.07, 6.45) is 0. The molecule has 0 spiro atoms. The molecule has 0 saturated carbocycles. The molecule has 0 atom stereocenters. The Morgan fingerprint density at radius 3 is 1.38 bits per heavy atom. The van der Waals surface area contributed by atoms with E-state index in [0.717, 1.165) is 0 Å². The van der Waals surface area contributed by atoms with Crippen LogP contribution in [0.15, 0.2) is 0 Å². The predicted molar refractivity (Wildman–Crippen MR) is 23.0 cm³/mol. The molecule has 0 fully saturated rings. The van der Waals surface area contributed by atoms with E-state index in [-0.39, 0.29) is 103 Å². The molecule has 0 aromatic heterocycles. The van der Waals surface area contributed by atoms with Crippen molar-refractivity contribution < 1.29 is 54.6 Å². The normalized spacial score (nSPS) is 3.25. The standard InChI is InChI=1S/Mg.Nb.3O.2Pb.Ti.4H/q+2;;;2*-1;;+2;;;;2*-1. The molecule has 0 aliphatic rings. The summed E-state index contributed by atoms with van der Waals surface area (Å²) in [5, 5.41) is 0. The summed E-state index contributed by atoms with van der Waals surface area (Å²) in [4.78, 5) is 0. The van der Waals surface area contributed by atoms with E-state index < -0.39 is 18.6 Å². The molecular formula is H4MgNbO3Pb2Ti. The first-order chi connectivity index (χ1) is 1.73. The van der Waals surface area contributed by atoms with Gasteiger partial charge in [0.1, 0.15) is 0 Å². The van der Waals surface area contributed by atoms with Gasteiger partial charge in [-0.3, -0.25) is 0 Å². The van der Waals surface area contributed by atoms with E-state index in [0.29, 0.717) is 0 Å². The third-order valence-corrected chi connectivity index (χ3v) is 0. The van der Waals surface area contributed by atoms with Gasteiger partial charge in [0.15, 0.2) is 0 Å². The molecule has 0 aromatic rings. The zero-order valence-corrected chi connectivity index (χ0v) is 18.6. The number of hydrogen-bond donors (Lipinski definition) is 0. The molecule has 0 heterocycles. The van der Waals surface area contributed by atoms with E-state index in [4.69, 9.17) is 10.7 Å². The second kappa shape index (κ2) is 22.4. The van der Waals surface area contributed by atoms with Crippen molar-refractivity contribution >= 4 is 77.7 Å². The van der Waals surface area contributed by atoms with Gasteiger partial charge in [-0.15, -0.1) is 0 Å². The molecule has 8 heteroatoms. The minimum atomic E-state index is -4.08. The molecule has 0 saturated heterocycles. The quantitative estimate of drug-likeness (QED) is 0.257. The summed E-state index contributed by atoms with van der Waals surface area (Å²) < 4.78 is 25.8. The van der Waals surface area contributed by atoms with Crippen molar-refractivity contribution in [3.8, 4) is 0 Å². The second-order valence-electron chi connectivity index (χ2n) is 0.250. The van der Waals surface area contributed by atoms with Crippen LogP contribution in [0.5, 0.6) is 0 Å². The second-order valence-corrected chi connectivity index (χ2v) is 1.03. The molecular weight excluding hydrogens is 627 g/mol. The average molecular weight is 632 g/mol. The Balaban J connectivity index is -0.00000000300. The van der Waals surface area contributed by atoms with Crippen molar-refractivity contribution in [2.45, 2.75) is 0 Å². The zero-order valence-electron chi connectivity index (χ0n) is 6.09. The topological polar surface area (TPSA) is 63.2 Å². The molecule has 0 unspecified atom stereocenters. The monoisotopic (exact) mass is 633 g/mol. The van der Waals surface area contributed by atoms with Gasteiger partial charge in [-0.2, -0.15) is 0 Å². The van der Waals surface area contributed by atoms with Gasteiger partial charge in [-0.25, -0.2) is 0 Å². The first kappa shape index (κ1) is 29.8. The summed E-state index contributed by atoms with van der Waals surface area (Å²) in [5.41, 5.74) is 0. The molecule has 8 heavy (non-hydrogen) atoms. The van der Waals surface area contributed by atoms with Crippen LogP contribution in [-0.4, -0.2) is 77.7 Å². The van der Waals surface area contributed by atoms with Gasteiger partial charge in [0.25, 0.3) is 0 Å². The van der Waals surface area contributed by atoms with Gasteiger partial charge < -0.3 is 2.85 Å². The van der Waals surface area contributed by atoms with E-state index in [1.54, 1.807) is 0 Å². The van der Waals surface area contributed by atoms with E-state index in [1.165, 1.54) is 0 Å². The Labute approximate surface area is 129 Å². The number of rotatable bonds is 0. The van der Waals surface area contributed by atoms with Crippen LogP contribution in [0.3, 0.4) is 0 Å². The van der Waals surface area contributed by atoms with Crippen LogP contribution < -0.4 is 7.38 Å². The summed E-state index contributed by atoms with van der Waals surface area (Å²) >= 11 is -4.08. The van der Waals surface area contributed by atoms with Gasteiger partial charge in [0.2, 0.25) is 0 Å². The van der Waals surface area contributed by atoms with Crippen LogP contribution in [0, 0.1) is 0 Å². The molecule has 0 aromatic carbocycles. The summed E-state index contributed by atoms with van der Waals surface area (Å²) in [5.74, 6) is 0. The Morgan fingerprint density at radius 2 is 1.38 bits per heavy atom. The van der Waals surface area contributed by atoms with Crippen molar-refractivity contribution in [1.29, 1.82) is 0 Å². The molecule has 0 aliphatic heterocycles. The average Bonchev–Trinajstić information content (AvgIpc) is 0.811. The molecule has 0 N–H and O–H groups in total. The van der Waals surface area contributed by atoms with Crippen molar-refractivity contribution in [3.05, 3.63) is 0 Å².